The maximum Gasteiger partial charge on any atom is 0.408 e. The fourth-order valence-corrected chi connectivity index (χ4v) is 2.12. The average Bonchev–Trinajstić information content (AvgIpc) is 2.52. The first kappa shape index (κ1) is 20.5. The third-order valence-electron chi connectivity index (χ3n) is 3.30. The summed E-state index contributed by atoms with van der Waals surface area (Å²) in [6.07, 6.45) is -0.710. The van der Waals surface area contributed by atoms with E-state index in [1.807, 2.05) is 44.2 Å². The fraction of sp³-hybridized carbons (Fsp3) is 0.500. The van der Waals surface area contributed by atoms with Crippen LogP contribution in [0.3, 0.4) is 0 Å². The van der Waals surface area contributed by atoms with Gasteiger partial charge < -0.3 is 15.4 Å². The van der Waals surface area contributed by atoms with E-state index in [1.54, 1.807) is 13.8 Å². The van der Waals surface area contributed by atoms with E-state index in [9.17, 15) is 14.4 Å². The molecule has 1 rings (SSSR count). The van der Waals surface area contributed by atoms with Gasteiger partial charge in [0.2, 0.25) is 0 Å². The molecule has 0 aliphatic rings. The Balaban J connectivity index is 2.60. The van der Waals surface area contributed by atoms with Crippen molar-refractivity contribution in [2.45, 2.75) is 59.4 Å². The van der Waals surface area contributed by atoms with Crippen LogP contribution in [-0.4, -0.2) is 41.1 Å². The predicted octanol–water partition coefficient (Wildman–Crippen LogP) is 2.66. The lowest BCUT2D eigenvalue weighted by Gasteiger charge is -2.28. The SMILES string of the molecule is CC(C)NC(=O)N(C(=O)[C@H](C)NC(=O)OCc1ccccc1)C(C)C. The molecular formula is C18H27N3O4. The molecule has 0 spiro atoms. The summed E-state index contributed by atoms with van der Waals surface area (Å²) < 4.78 is 5.09. The highest BCUT2D eigenvalue weighted by Gasteiger charge is 2.29. The van der Waals surface area contributed by atoms with Gasteiger partial charge in [-0.3, -0.25) is 9.69 Å². The van der Waals surface area contributed by atoms with E-state index in [-0.39, 0.29) is 18.7 Å². The Morgan fingerprint density at radius 2 is 1.60 bits per heavy atom. The third-order valence-corrected chi connectivity index (χ3v) is 3.30. The van der Waals surface area contributed by atoms with Crippen molar-refractivity contribution in [1.82, 2.24) is 15.5 Å². The van der Waals surface area contributed by atoms with Crippen molar-refractivity contribution in [3.63, 3.8) is 0 Å². The van der Waals surface area contributed by atoms with Crippen LogP contribution in [-0.2, 0) is 16.1 Å². The Morgan fingerprint density at radius 1 is 1.00 bits per heavy atom. The standard InChI is InChI=1S/C18H27N3O4/c1-12(2)19-17(23)21(13(3)4)16(22)14(5)20-18(24)25-11-15-9-7-6-8-10-15/h6-10,12-14H,11H2,1-5H3,(H,19,23)(H,20,24)/t14-/m0/s1. The minimum Gasteiger partial charge on any atom is -0.445 e. The molecule has 0 aliphatic heterocycles. The molecular weight excluding hydrogens is 322 g/mol. The predicted molar refractivity (Wildman–Crippen MR) is 94.9 cm³/mol. The summed E-state index contributed by atoms with van der Waals surface area (Å²) in [5.74, 6) is -0.496. The van der Waals surface area contributed by atoms with Crippen LogP contribution in [0.1, 0.15) is 40.2 Å². The van der Waals surface area contributed by atoms with Crippen LogP contribution in [0, 0.1) is 0 Å². The summed E-state index contributed by atoms with van der Waals surface area (Å²) >= 11 is 0. The second-order valence-corrected chi connectivity index (χ2v) is 6.33. The van der Waals surface area contributed by atoms with Crippen molar-refractivity contribution in [2.75, 3.05) is 0 Å². The van der Waals surface area contributed by atoms with E-state index in [4.69, 9.17) is 4.74 Å². The molecule has 0 unspecified atom stereocenters. The Hall–Kier alpha value is -2.57. The zero-order valence-electron chi connectivity index (χ0n) is 15.4. The van der Waals surface area contributed by atoms with Crippen molar-refractivity contribution >= 4 is 18.0 Å². The van der Waals surface area contributed by atoms with E-state index in [1.165, 1.54) is 6.92 Å². The molecule has 0 aromatic heterocycles. The molecule has 25 heavy (non-hydrogen) atoms. The molecule has 0 saturated heterocycles. The van der Waals surface area contributed by atoms with Crippen LogP contribution >= 0.6 is 0 Å². The van der Waals surface area contributed by atoms with Gasteiger partial charge in [-0.2, -0.15) is 0 Å². The normalized spacial score (nSPS) is 11.8. The highest BCUT2D eigenvalue weighted by Crippen LogP contribution is 2.05. The first-order valence-corrected chi connectivity index (χ1v) is 8.33. The number of nitrogens with one attached hydrogen (secondary N) is 2. The summed E-state index contributed by atoms with van der Waals surface area (Å²) in [6, 6.07) is 7.42. The number of carbonyl (C=O) groups excluding carboxylic acids is 3. The van der Waals surface area contributed by atoms with Crippen molar-refractivity contribution in [3.05, 3.63) is 35.9 Å². The molecule has 7 heteroatoms. The number of alkyl carbamates (subject to hydrolysis) is 1. The lowest BCUT2D eigenvalue weighted by atomic mass is 10.2. The summed E-state index contributed by atoms with van der Waals surface area (Å²) in [4.78, 5) is 37.7. The van der Waals surface area contributed by atoms with Crippen LogP contribution in [0.5, 0.6) is 0 Å². The lowest BCUT2D eigenvalue weighted by Crippen LogP contribution is -2.55. The molecule has 0 heterocycles. The number of benzene rings is 1. The van der Waals surface area contributed by atoms with Crippen LogP contribution in [0.4, 0.5) is 9.59 Å². The Morgan fingerprint density at radius 3 is 2.12 bits per heavy atom. The molecule has 0 bridgehead atoms. The smallest absolute Gasteiger partial charge is 0.408 e. The van der Waals surface area contributed by atoms with Gasteiger partial charge in [0.15, 0.2) is 0 Å². The quantitative estimate of drug-likeness (QED) is 0.826. The summed E-state index contributed by atoms with van der Waals surface area (Å²) in [6.45, 7) is 8.71. The van der Waals surface area contributed by atoms with E-state index in [2.05, 4.69) is 10.6 Å². The molecule has 4 amide bonds. The summed E-state index contributed by atoms with van der Waals surface area (Å²) in [5.41, 5.74) is 0.844. The Labute approximate surface area is 148 Å². The van der Waals surface area contributed by atoms with E-state index in [0.29, 0.717) is 0 Å². The van der Waals surface area contributed by atoms with Gasteiger partial charge in [0.1, 0.15) is 12.6 Å². The zero-order valence-corrected chi connectivity index (χ0v) is 15.4. The largest absolute Gasteiger partial charge is 0.445 e. The van der Waals surface area contributed by atoms with Crippen molar-refractivity contribution in [1.29, 1.82) is 0 Å². The first-order chi connectivity index (χ1) is 11.7. The molecule has 1 aromatic rings. The van der Waals surface area contributed by atoms with Crippen LogP contribution in [0.25, 0.3) is 0 Å². The summed E-state index contributed by atoms with van der Waals surface area (Å²) in [7, 11) is 0. The maximum atomic E-state index is 12.5. The molecule has 138 valence electrons. The maximum absolute atomic E-state index is 12.5. The van der Waals surface area contributed by atoms with Gasteiger partial charge in [-0.15, -0.1) is 0 Å². The molecule has 1 aromatic carbocycles. The van der Waals surface area contributed by atoms with Crippen LogP contribution in [0.15, 0.2) is 30.3 Å². The second kappa shape index (κ2) is 9.66. The highest BCUT2D eigenvalue weighted by atomic mass is 16.5. The van der Waals surface area contributed by atoms with Gasteiger partial charge in [0.05, 0.1) is 0 Å². The van der Waals surface area contributed by atoms with Gasteiger partial charge in [0, 0.05) is 12.1 Å². The molecule has 1 atom stereocenters. The summed E-state index contributed by atoms with van der Waals surface area (Å²) in [5, 5.41) is 5.14. The minimum atomic E-state index is -0.886. The molecule has 0 fully saturated rings. The first-order valence-electron chi connectivity index (χ1n) is 8.33. The second-order valence-electron chi connectivity index (χ2n) is 6.33. The Kier molecular flexibility index (Phi) is 7.91. The number of ether oxygens (including phenoxy) is 1. The third kappa shape index (κ3) is 6.82. The number of carbonyl (C=O) groups is 3. The minimum absolute atomic E-state index is 0.0966. The number of imide groups is 1. The molecule has 0 saturated carbocycles. The van der Waals surface area contributed by atoms with E-state index in [0.717, 1.165) is 10.5 Å². The number of amides is 4. The van der Waals surface area contributed by atoms with Crippen molar-refractivity contribution in [3.8, 4) is 0 Å². The lowest BCUT2D eigenvalue weighted by molar-refractivity contribution is -0.131. The number of nitrogens with zero attached hydrogens (tertiary/aromatic N) is 1. The molecule has 7 nitrogen and oxygen atoms in total. The van der Waals surface area contributed by atoms with Gasteiger partial charge in [-0.25, -0.2) is 9.59 Å². The number of hydrogen-bond donors (Lipinski definition) is 2. The molecule has 0 aliphatic carbocycles. The number of urea groups is 1. The van der Waals surface area contributed by atoms with Crippen molar-refractivity contribution in [2.24, 2.45) is 0 Å². The fourth-order valence-electron chi connectivity index (χ4n) is 2.12. The molecule has 0 radical (unpaired) electrons. The topological polar surface area (TPSA) is 87.7 Å². The van der Waals surface area contributed by atoms with Crippen molar-refractivity contribution < 1.29 is 19.1 Å². The van der Waals surface area contributed by atoms with Gasteiger partial charge in [-0.1, -0.05) is 30.3 Å². The average molecular weight is 349 g/mol. The highest BCUT2D eigenvalue weighted by molar-refractivity contribution is 5.98. The van der Waals surface area contributed by atoms with Gasteiger partial charge in [-0.05, 0) is 40.2 Å². The Bertz CT molecular complexity index is 587. The van der Waals surface area contributed by atoms with Crippen LogP contribution < -0.4 is 10.6 Å². The van der Waals surface area contributed by atoms with Crippen LogP contribution in [0.2, 0.25) is 0 Å². The zero-order chi connectivity index (χ0) is 19.0. The monoisotopic (exact) mass is 349 g/mol. The van der Waals surface area contributed by atoms with Gasteiger partial charge in [0.25, 0.3) is 5.91 Å². The van der Waals surface area contributed by atoms with E-state index >= 15 is 0 Å². The number of rotatable bonds is 6. The van der Waals surface area contributed by atoms with Gasteiger partial charge >= 0.3 is 12.1 Å². The molecule has 2 N–H and O–H groups in total. The van der Waals surface area contributed by atoms with E-state index < -0.39 is 24.1 Å². The number of hydrogen-bond acceptors (Lipinski definition) is 4.